The van der Waals surface area contributed by atoms with Crippen LogP contribution >= 0.6 is 0 Å². The Balaban J connectivity index is 1.58. The number of urea groups is 1. The van der Waals surface area contributed by atoms with Crippen molar-refractivity contribution in [3.8, 4) is 11.5 Å². The van der Waals surface area contributed by atoms with Crippen LogP contribution in [0.3, 0.4) is 0 Å². The number of carbonyl (C=O) groups excluding carboxylic acids is 3. The highest BCUT2D eigenvalue weighted by Gasteiger charge is 2.18. The molecule has 9 nitrogen and oxygen atoms in total. The molecular formula is C23H27N3O6. The fourth-order valence-corrected chi connectivity index (χ4v) is 3.29. The van der Waals surface area contributed by atoms with Crippen molar-refractivity contribution in [2.75, 3.05) is 39.2 Å². The molecule has 2 aromatic carbocycles. The summed E-state index contributed by atoms with van der Waals surface area (Å²) >= 11 is 0. The quantitative estimate of drug-likeness (QED) is 0.610. The minimum atomic E-state index is -0.521. The highest BCUT2D eigenvalue weighted by molar-refractivity contribution is 5.95. The lowest BCUT2D eigenvalue weighted by Gasteiger charge is -2.16. The van der Waals surface area contributed by atoms with Crippen LogP contribution in [0.2, 0.25) is 0 Å². The van der Waals surface area contributed by atoms with E-state index in [2.05, 4.69) is 15.4 Å². The lowest BCUT2D eigenvalue weighted by molar-refractivity contribution is -0.142. The van der Waals surface area contributed by atoms with Gasteiger partial charge in [-0.25, -0.2) is 9.59 Å². The molecule has 1 aliphatic heterocycles. The normalized spacial score (nSPS) is 12.8. The van der Waals surface area contributed by atoms with E-state index in [9.17, 15) is 14.4 Å². The third-order valence-electron chi connectivity index (χ3n) is 5.02. The maximum atomic E-state index is 12.6. The van der Waals surface area contributed by atoms with Gasteiger partial charge in [0.05, 0.1) is 14.2 Å². The fraction of sp³-hybridized carbons (Fsp3) is 0.348. The van der Waals surface area contributed by atoms with E-state index >= 15 is 0 Å². The van der Waals surface area contributed by atoms with Crippen molar-refractivity contribution in [2.24, 2.45) is 0 Å². The maximum Gasteiger partial charge on any atom is 0.343 e. The molecule has 0 saturated carbocycles. The molecule has 0 spiro atoms. The average Bonchev–Trinajstić information content (AvgIpc) is 3.36. The monoisotopic (exact) mass is 441 g/mol. The van der Waals surface area contributed by atoms with Crippen LogP contribution in [0, 0.1) is 0 Å². The molecule has 0 aromatic heterocycles. The summed E-state index contributed by atoms with van der Waals surface area (Å²) in [6.45, 7) is 1.58. The number of hydrogen-bond acceptors (Lipinski definition) is 6. The zero-order valence-electron chi connectivity index (χ0n) is 18.2. The zero-order valence-corrected chi connectivity index (χ0v) is 18.2. The molecule has 3 rings (SSSR count). The number of rotatable bonds is 8. The highest BCUT2D eigenvalue weighted by Crippen LogP contribution is 2.28. The zero-order chi connectivity index (χ0) is 22.9. The SMILES string of the molecule is COC(=O)COc1ccc(C(=O)NCc2cccc(NC(=O)N3CCCC3)c2)cc1OC. The molecule has 0 aliphatic carbocycles. The van der Waals surface area contributed by atoms with E-state index in [0.29, 0.717) is 22.7 Å². The van der Waals surface area contributed by atoms with Gasteiger partial charge in [-0.15, -0.1) is 0 Å². The molecule has 0 unspecified atom stereocenters. The highest BCUT2D eigenvalue weighted by atomic mass is 16.6. The number of likely N-dealkylation sites (tertiary alicyclic amines) is 1. The van der Waals surface area contributed by atoms with E-state index in [1.54, 1.807) is 17.0 Å². The molecule has 1 heterocycles. The van der Waals surface area contributed by atoms with Crippen molar-refractivity contribution in [3.63, 3.8) is 0 Å². The summed E-state index contributed by atoms with van der Waals surface area (Å²) in [6, 6.07) is 11.9. The molecule has 0 atom stereocenters. The Kier molecular flexibility index (Phi) is 7.91. The van der Waals surface area contributed by atoms with Gasteiger partial charge in [-0.3, -0.25) is 4.79 Å². The largest absolute Gasteiger partial charge is 0.493 e. The number of amides is 3. The first-order chi connectivity index (χ1) is 15.5. The average molecular weight is 441 g/mol. The molecule has 2 N–H and O–H groups in total. The maximum absolute atomic E-state index is 12.6. The number of ether oxygens (including phenoxy) is 3. The predicted octanol–water partition coefficient (Wildman–Crippen LogP) is 2.80. The Bertz CT molecular complexity index is 972. The lowest BCUT2D eigenvalue weighted by atomic mass is 10.1. The number of methoxy groups -OCH3 is 2. The van der Waals surface area contributed by atoms with Gasteiger partial charge < -0.3 is 29.7 Å². The molecule has 0 bridgehead atoms. The summed E-state index contributed by atoms with van der Waals surface area (Å²) in [4.78, 5) is 37.9. The van der Waals surface area contributed by atoms with Crippen molar-refractivity contribution in [3.05, 3.63) is 53.6 Å². The first-order valence-corrected chi connectivity index (χ1v) is 10.3. The first kappa shape index (κ1) is 22.9. The summed E-state index contributed by atoms with van der Waals surface area (Å²) in [5, 5.41) is 5.75. The number of hydrogen-bond donors (Lipinski definition) is 2. The van der Waals surface area contributed by atoms with Crippen LogP contribution in [-0.2, 0) is 16.1 Å². The van der Waals surface area contributed by atoms with Crippen LogP contribution in [0.15, 0.2) is 42.5 Å². The number of carbonyl (C=O) groups is 3. The van der Waals surface area contributed by atoms with E-state index < -0.39 is 5.97 Å². The topological polar surface area (TPSA) is 106 Å². The molecular weight excluding hydrogens is 414 g/mol. The molecule has 0 radical (unpaired) electrons. The Labute approximate surface area is 186 Å². The first-order valence-electron chi connectivity index (χ1n) is 10.3. The summed E-state index contributed by atoms with van der Waals surface area (Å²) in [7, 11) is 2.72. The van der Waals surface area contributed by atoms with Gasteiger partial charge in [0.25, 0.3) is 5.91 Å². The molecule has 3 amide bonds. The van der Waals surface area contributed by atoms with E-state index in [0.717, 1.165) is 31.5 Å². The minimum Gasteiger partial charge on any atom is -0.493 e. The van der Waals surface area contributed by atoms with Gasteiger partial charge >= 0.3 is 12.0 Å². The van der Waals surface area contributed by atoms with E-state index in [1.165, 1.54) is 20.3 Å². The Morgan fingerprint density at radius 2 is 1.78 bits per heavy atom. The number of anilines is 1. The third kappa shape index (κ3) is 6.13. The molecule has 170 valence electrons. The Morgan fingerprint density at radius 3 is 2.50 bits per heavy atom. The van der Waals surface area contributed by atoms with Crippen molar-refractivity contribution >= 4 is 23.6 Å². The number of nitrogens with zero attached hydrogens (tertiary/aromatic N) is 1. The van der Waals surface area contributed by atoms with Crippen LogP contribution in [0.1, 0.15) is 28.8 Å². The van der Waals surface area contributed by atoms with Crippen LogP contribution < -0.4 is 20.1 Å². The van der Waals surface area contributed by atoms with E-state index in [1.807, 2.05) is 24.3 Å². The van der Waals surface area contributed by atoms with Gasteiger partial charge in [-0.1, -0.05) is 12.1 Å². The summed E-state index contributed by atoms with van der Waals surface area (Å²) in [5.74, 6) is -0.161. The van der Waals surface area contributed by atoms with Crippen LogP contribution in [0.5, 0.6) is 11.5 Å². The van der Waals surface area contributed by atoms with Crippen LogP contribution in [0.4, 0.5) is 10.5 Å². The van der Waals surface area contributed by atoms with Crippen molar-refractivity contribution in [2.45, 2.75) is 19.4 Å². The predicted molar refractivity (Wildman–Crippen MR) is 118 cm³/mol. The van der Waals surface area contributed by atoms with Gasteiger partial charge in [0, 0.05) is 30.9 Å². The number of esters is 1. The van der Waals surface area contributed by atoms with E-state index in [4.69, 9.17) is 9.47 Å². The van der Waals surface area contributed by atoms with Crippen molar-refractivity contribution in [1.29, 1.82) is 0 Å². The van der Waals surface area contributed by atoms with Gasteiger partial charge in [-0.2, -0.15) is 0 Å². The molecule has 1 fully saturated rings. The Morgan fingerprint density at radius 1 is 1.00 bits per heavy atom. The second-order valence-electron chi connectivity index (χ2n) is 7.24. The van der Waals surface area contributed by atoms with Crippen LogP contribution in [-0.4, -0.2) is 56.7 Å². The van der Waals surface area contributed by atoms with Crippen LogP contribution in [0.25, 0.3) is 0 Å². The summed E-state index contributed by atoms with van der Waals surface area (Å²) < 4.78 is 15.2. The summed E-state index contributed by atoms with van der Waals surface area (Å²) in [6.07, 6.45) is 2.06. The summed E-state index contributed by atoms with van der Waals surface area (Å²) in [5.41, 5.74) is 1.91. The number of nitrogens with one attached hydrogen (secondary N) is 2. The standard InChI is InChI=1S/C23H27N3O6/c1-30-20-13-17(8-9-19(20)32-15-21(27)31-2)22(28)24-14-16-6-5-7-18(12-16)25-23(29)26-10-3-4-11-26/h5-9,12-13H,3-4,10-11,14-15H2,1-2H3,(H,24,28)(H,25,29). The second-order valence-corrected chi connectivity index (χ2v) is 7.24. The molecule has 1 saturated heterocycles. The van der Waals surface area contributed by atoms with Gasteiger partial charge in [-0.05, 0) is 48.7 Å². The van der Waals surface area contributed by atoms with Gasteiger partial charge in [0.1, 0.15) is 0 Å². The van der Waals surface area contributed by atoms with E-state index in [-0.39, 0.29) is 25.1 Å². The second kappa shape index (κ2) is 11.0. The van der Waals surface area contributed by atoms with Gasteiger partial charge in [0.2, 0.25) is 0 Å². The van der Waals surface area contributed by atoms with Gasteiger partial charge in [0.15, 0.2) is 18.1 Å². The third-order valence-corrected chi connectivity index (χ3v) is 5.02. The van der Waals surface area contributed by atoms with Crippen molar-refractivity contribution in [1.82, 2.24) is 10.2 Å². The minimum absolute atomic E-state index is 0.106. The van der Waals surface area contributed by atoms with Crippen molar-refractivity contribution < 1.29 is 28.6 Å². The lowest BCUT2D eigenvalue weighted by Crippen LogP contribution is -2.32. The molecule has 2 aromatic rings. The molecule has 1 aliphatic rings. The molecule has 9 heteroatoms. The smallest absolute Gasteiger partial charge is 0.343 e. The molecule has 32 heavy (non-hydrogen) atoms. The fourth-order valence-electron chi connectivity index (χ4n) is 3.29. The Hall–Kier alpha value is -3.75. The number of benzene rings is 2.